The minimum atomic E-state index is -0.0540. The molecule has 0 fully saturated rings. The van der Waals surface area contributed by atoms with Crippen molar-refractivity contribution in [2.24, 2.45) is 5.10 Å². The normalized spacial score (nSPS) is 10.8. The van der Waals surface area contributed by atoms with Gasteiger partial charge in [-0.15, -0.1) is 0 Å². The third-order valence-corrected chi connectivity index (χ3v) is 3.84. The van der Waals surface area contributed by atoms with E-state index in [2.05, 4.69) is 17.5 Å². The van der Waals surface area contributed by atoms with Crippen LogP contribution < -0.4 is 14.9 Å². The van der Waals surface area contributed by atoms with Crippen LogP contribution in [0, 0.1) is 0 Å². The Bertz CT molecular complexity index is 515. The van der Waals surface area contributed by atoms with E-state index in [1.54, 1.807) is 26.5 Å². The quantitative estimate of drug-likeness (QED) is 0.352. The van der Waals surface area contributed by atoms with E-state index in [0.717, 1.165) is 18.4 Å². The minimum absolute atomic E-state index is 0.0540. The molecule has 0 aliphatic heterocycles. The van der Waals surface area contributed by atoms with Crippen molar-refractivity contribution in [3.05, 3.63) is 23.8 Å². The third-order valence-electron chi connectivity index (χ3n) is 3.84. The van der Waals surface area contributed by atoms with Gasteiger partial charge in [-0.25, -0.2) is 5.43 Å². The Hall–Kier alpha value is -2.04. The van der Waals surface area contributed by atoms with Gasteiger partial charge in [0.05, 0.1) is 20.4 Å². The molecule has 1 aromatic carbocycles. The molecule has 1 N–H and O–H groups in total. The molecule has 5 nitrogen and oxygen atoms in total. The molecule has 0 aromatic heterocycles. The number of hydrogen-bond acceptors (Lipinski definition) is 4. The number of methoxy groups -OCH3 is 2. The predicted molar refractivity (Wildman–Crippen MR) is 97.9 cm³/mol. The first-order valence-electron chi connectivity index (χ1n) is 8.75. The number of nitrogens with zero attached hydrogens (tertiary/aromatic N) is 1. The maximum absolute atomic E-state index is 11.8. The Balaban J connectivity index is 2.30. The van der Waals surface area contributed by atoms with Crippen LogP contribution in [0.4, 0.5) is 0 Å². The number of nitrogens with one attached hydrogen (secondary N) is 1. The SMILES string of the molecule is CCCCCCCCCC(=O)N/N=C/c1cc(OC)ccc1OC. The zero-order valence-electron chi connectivity index (χ0n) is 15.1. The van der Waals surface area contributed by atoms with Crippen LogP contribution in [-0.4, -0.2) is 26.3 Å². The van der Waals surface area contributed by atoms with Gasteiger partial charge >= 0.3 is 0 Å². The van der Waals surface area contributed by atoms with Crippen molar-refractivity contribution >= 4 is 12.1 Å². The highest BCUT2D eigenvalue weighted by Gasteiger charge is 2.03. The highest BCUT2D eigenvalue weighted by atomic mass is 16.5. The molecule has 0 saturated heterocycles. The van der Waals surface area contributed by atoms with Crippen molar-refractivity contribution in [1.82, 2.24) is 5.43 Å². The summed E-state index contributed by atoms with van der Waals surface area (Å²) >= 11 is 0. The van der Waals surface area contributed by atoms with Gasteiger partial charge in [0.15, 0.2) is 0 Å². The van der Waals surface area contributed by atoms with Crippen LogP contribution in [0.15, 0.2) is 23.3 Å². The molecule has 0 saturated carbocycles. The van der Waals surface area contributed by atoms with Gasteiger partial charge in [0.1, 0.15) is 11.5 Å². The summed E-state index contributed by atoms with van der Waals surface area (Å²) in [7, 11) is 3.20. The van der Waals surface area contributed by atoms with Crippen molar-refractivity contribution in [2.75, 3.05) is 14.2 Å². The van der Waals surface area contributed by atoms with Crippen molar-refractivity contribution < 1.29 is 14.3 Å². The molecule has 0 unspecified atom stereocenters. The molecule has 1 aromatic rings. The molecule has 134 valence electrons. The van der Waals surface area contributed by atoms with Gasteiger partial charge in [0.2, 0.25) is 5.91 Å². The Morgan fingerprint density at radius 1 is 1.08 bits per heavy atom. The summed E-state index contributed by atoms with van der Waals surface area (Å²) in [5, 5.41) is 4.00. The molecular weight excluding hydrogens is 304 g/mol. The maximum Gasteiger partial charge on any atom is 0.240 e. The molecule has 0 heterocycles. The van der Waals surface area contributed by atoms with Crippen LogP contribution in [0.1, 0.15) is 63.9 Å². The third kappa shape index (κ3) is 7.99. The largest absolute Gasteiger partial charge is 0.497 e. The Labute approximate surface area is 145 Å². The second kappa shape index (κ2) is 12.4. The predicted octanol–water partition coefficient (Wildman–Crippen LogP) is 4.29. The highest BCUT2D eigenvalue weighted by molar-refractivity contribution is 5.85. The first kappa shape index (κ1) is 20.0. The number of benzene rings is 1. The van der Waals surface area contributed by atoms with Crippen molar-refractivity contribution in [3.63, 3.8) is 0 Å². The van der Waals surface area contributed by atoms with Crippen LogP contribution >= 0.6 is 0 Å². The topological polar surface area (TPSA) is 59.9 Å². The van der Waals surface area contributed by atoms with Gasteiger partial charge in [0, 0.05) is 12.0 Å². The number of unbranched alkanes of at least 4 members (excludes halogenated alkanes) is 6. The van der Waals surface area contributed by atoms with Crippen molar-refractivity contribution in [3.8, 4) is 11.5 Å². The van der Waals surface area contributed by atoms with E-state index < -0.39 is 0 Å². The minimum Gasteiger partial charge on any atom is -0.497 e. The summed E-state index contributed by atoms with van der Waals surface area (Å²) in [6, 6.07) is 5.43. The van der Waals surface area contributed by atoms with Crippen molar-refractivity contribution in [2.45, 2.75) is 58.3 Å². The lowest BCUT2D eigenvalue weighted by molar-refractivity contribution is -0.121. The summed E-state index contributed by atoms with van der Waals surface area (Å²) in [5.74, 6) is 1.34. The lowest BCUT2D eigenvalue weighted by atomic mass is 10.1. The van der Waals surface area contributed by atoms with E-state index in [4.69, 9.17) is 9.47 Å². The fourth-order valence-corrected chi connectivity index (χ4v) is 2.41. The van der Waals surface area contributed by atoms with Crippen LogP contribution in [0.25, 0.3) is 0 Å². The zero-order valence-corrected chi connectivity index (χ0v) is 15.1. The lowest BCUT2D eigenvalue weighted by Gasteiger charge is -2.06. The van der Waals surface area contributed by atoms with E-state index in [1.807, 2.05) is 12.1 Å². The van der Waals surface area contributed by atoms with Crippen LogP contribution in [0.2, 0.25) is 0 Å². The van der Waals surface area contributed by atoms with Crippen LogP contribution in [0.3, 0.4) is 0 Å². The van der Waals surface area contributed by atoms with Gasteiger partial charge in [-0.05, 0) is 24.6 Å². The highest BCUT2D eigenvalue weighted by Crippen LogP contribution is 2.22. The molecule has 0 aliphatic rings. The molecule has 5 heteroatoms. The lowest BCUT2D eigenvalue weighted by Crippen LogP contribution is -2.17. The van der Waals surface area contributed by atoms with E-state index in [-0.39, 0.29) is 5.91 Å². The van der Waals surface area contributed by atoms with Gasteiger partial charge in [-0.1, -0.05) is 45.4 Å². The Morgan fingerprint density at radius 3 is 2.46 bits per heavy atom. The van der Waals surface area contributed by atoms with Crippen LogP contribution in [0.5, 0.6) is 11.5 Å². The molecule has 1 rings (SSSR count). The van der Waals surface area contributed by atoms with Crippen molar-refractivity contribution in [1.29, 1.82) is 0 Å². The Kier molecular flexibility index (Phi) is 10.3. The fraction of sp³-hybridized carbons (Fsp3) is 0.579. The summed E-state index contributed by atoms with van der Waals surface area (Å²) < 4.78 is 10.4. The average molecular weight is 334 g/mol. The monoisotopic (exact) mass is 334 g/mol. The Morgan fingerprint density at radius 2 is 1.79 bits per heavy atom. The number of amides is 1. The zero-order chi connectivity index (χ0) is 17.6. The summed E-state index contributed by atoms with van der Waals surface area (Å²) in [6.45, 7) is 2.21. The molecule has 0 atom stereocenters. The first-order chi connectivity index (χ1) is 11.7. The van der Waals surface area contributed by atoms with E-state index >= 15 is 0 Å². The van der Waals surface area contributed by atoms with E-state index in [0.29, 0.717) is 17.9 Å². The number of hydrazone groups is 1. The van der Waals surface area contributed by atoms with Gasteiger partial charge in [-0.2, -0.15) is 5.10 Å². The summed E-state index contributed by atoms with van der Waals surface area (Å²) in [4.78, 5) is 11.8. The number of carbonyl (C=O) groups is 1. The van der Waals surface area contributed by atoms with E-state index in [9.17, 15) is 4.79 Å². The fourth-order valence-electron chi connectivity index (χ4n) is 2.41. The number of rotatable bonds is 12. The van der Waals surface area contributed by atoms with E-state index in [1.165, 1.54) is 32.1 Å². The summed E-state index contributed by atoms with van der Waals surface area (Å²) in [6.07, 6.45) is 10.4. The number of carbonyl (C=O) groups excluding carboxylic acids is 1. The molecule has 0 bridgehead atoms. The summed E-state index contributed by atoms with van der Waals surface area (Å²) in [5.41, 5.74) is 3.32. The molecule has 1 amide bonds. The standard InChI is InChI=1S/C19H30N2O3/c1-4-5-6-7-8-9-10-11-19(22)21-20-15-16-14-17(23-2)12-13-18(16)24-3/h12-15H,4-11H2,1-3H3,(H,21,22)/b20-15+. The molecule has 24 heavy (non-hydrogen) atoms. The first-order valence-corrected chi connectivity index (χ1v) is 8.75. The van der Waals surface area contributed by atoms with Gasteiger partial charge < -0.3 is 9.47 Å². The molecular formula is C19H30N2O3. The molecule has 0 radical (unpaired) electrons. The molecule has 0 aliphatic carbocycles. The van der Waals surface area contributed by atoms with Gasteiger partial charge in [-0.3, -0.25) is 4.79 Å². The van der Waals surface area contributed by atoms with Crippen LogP contribution in [-0.2, 0) is 4.79 Å². The molecule has 0 spiro atoms. The second-order valence-electron chi connectivity index (χ2n) is 5.77. The number of hydrogen-bond donors (Lipinski definition) is 1. The second-order valence-corrected chi connectivity index (χ2v) is 5.77. The smallest absolute Gasteiger partial charge is 0.240 e. The van der Waals surface area contributed by atoms with Gasteiger partial charge in [0.25, 0.3) is 0 Å². The maximum atomic E-state index is 11.8. The number of ether oxygens (including phenoxy) is 2. The average Bonchev–Trinajstić information content (AvgIpc) is 2.60.